The molecule has 5 rings (SSSR count). The molecule has 184 valence electrons. The number of sulfone groups is 1. The molecule has 0 radical (unpaired) electrons. The van der Waals surface area contributed by atoms with Crippen LogP contribution in [0.5, 0.6) is 0 Å². The Hall–Kier alpha value is -2.70. The molecule has 2 amide bonds. The van der Waals surface area contributed by atoms with Crippen LogP contribution in [0.15, 0.2) is 29.3 Å². The van der Waals surface area contributed by atoms with Gasteiger partial charge in [-0.1, -0.05) is 5.21 Å². The normalized spacial score (nSPS) is 22.6. The highest BCUT2D eigenvalue weighted by molar-refractivity contribution is 7.92. The van der Waals surface area contributed by atoms with Gasteiger partial charge in [0.1, 0.15) is 5.82 Å². The van der Waals surface area contributed by atoms with E-state index in [1.807, 2.05) is 4.90 Å². The Morgan fingerprint density at radius 1 is 1.18 bits per heavy atom. The molecule has 2 aliphatic heterocycles. The topological polar surface area (TPSA) is 99.3 Å². The molecule has 1 saturated carbocycles. The monoisotopic (exact) mass is 501 g/mol. The van der Waals surface area contributed by atoms with Gasteiger partial charge in [-0.25, -0.2) is 17.6 Å². The summed E-state index contributed by atoms with van der Waals surface area (Å²) in [4.78, 5) is 15.4. The van der Waals surface area contributed by atoms with E-state index in [9.17, 15) is 30.8 Å². The van der Waals surface area contributed by atoms with Gasteiger partial charge in [0, 0.05) is 43.7 Å². The number of alkyl halides is 3. The van der Waals surface area contributed by atoms with Crippen molar-refractivity contribution in [3.63, 3.8) is 0 Å². The number of aromatic nitrogens is 3. The molecule has 3 fully saturated rings. The van der Waals surface area contributed by atoms with Gasteiger partial charge in [-0.15, -0.1) is 5.10 Å². The maximum absolute atomic E-state index is 13.9. The molecule has 1 aliphatic carbocycles. The SMILES string of the molecule is O=C(N1CC[C@H](c2c[nH]nn2)C1)N1CC2(CC(Cc3cc(F)cc(S(=O)(=O)C(F)(F)F)c3)C2)C1. The lowest BCUT2D eigenvalue weighted by Gasteiger charge is -2.59. The first-order chi connectivity index (χ1) is 16.0. The van der Waals surface area contributed by atoms with Crippen LogP contribution in [0.3, 0.4) is 0 Å². The minimum absolute atomic E-state index is 0.00722. The number of amides is 2. The smallest absolute Gasteiger partial charge is 0.324 e. The zero-order valence-corrected chi connectivity index (χ0v) is 18.9. The Bertz CT molecular complexity index is 1190. The van der Waals surface area contributed by atoms with E-state index < -0.39 is 26.1 Å². The summed E-state index contributed by atoms with van der Waals surface area (Å²) in [6.07, 6.45) is 4.39. The Balaban J connectivity index is 1.14. The fourth-order valence-electron chi connectivity index (χ4n) is 5.61. The Kier molecular flexibility index (Phi) is 5.37. The summed E-state index contributed by atoms with van der Waals surface area (Å²) in [5, 5.41) is 10.4. The zero-order valence-electron chi connectivity index (χ0n) is 18.1. The minimum Gasteiger partial charge on any atom is -0.324 e. The van der Waals surface area contributed by atoms with Gasteiger partial charge in [0.15, 0.2) is 0 Å². The van der Waals surface area contributed by atoms with Crippen molar-refractivity contribution in [2.75, 3.05) is 26.2 Å². The number of hydrogen-bond donors (Lipinski definition) is 1. The van der Waals surface area contributed by atoms with Crippen LogP contribution in [0.1, 0.15) is 36.4 Å². The van der Waals surface area contributed by atoms with E-state index in [1.54, 1.807) is 11.1 Å². The molecule has 0 bridgehead atoms. The first kappa shape index (κ1) is 23.1. The minimum atomic E-state index is -5.60. The Morgan fingerprint density at radius 2 is 1.91 bits per heavy atom. The highest BCUT2D eigenvalue weighted by Gasteiger charge is 2.54. The molecule has 8 nitrogen and oxygen atoms in total. The summed E-state index contributed by atoms with van der Waals surface area (Å²) in [6.45, 7) is 2.49. The highest BCUT2D eigenvalue weighted by atomic mass is 32.2. The summed E-state index contributed by atoms with van der Waals surface area (Å²) in [5.74, 6) is -0.739. The van der Waals surface area contributed by atoms with Gasteiger partial charge in [0.25, 0.3) is 9.84 Å². The zero-order chi connectivity index (χ0) is 24.3. The third-order valence-electron chi connectivity index (χ3n) is 7.15. The highest BCUT2D eigenvalue weighted by Crippen LogP contribution is 2.53. The molecular formula is C21H23F4N5O3S. The number of hydrogen-bond acceptors (Lipinski definition) is 5. The summed E-state index contributed by atoms with van der Waals surface area (Å²) in [6, 6.07) is 2.38. The van der Waals surface area contributed by atoms with Crippen LogP contribution >= 0.6 is 0 Å². The second-order valence-corrected chi connectivity index (χ2v) is 11.6. The predicted molar refractivity (Wildman–Crippen MR) is 111 cm³/mol. The van der Waals surface area contributed by atoms with Crippen molar-refractivity contribution in [2.45, 2.75) is 42.0 Å². The number of carbonyl (C=O) groups excluding carboxylic acids is 1. The van der Waals surface area contributed by atoms with Crippen molar-refractivity contribution < 1.29 is 30.8 Å². The lowest BCUT2D eigenvalue weighted by molar-refractivity contribution is -0.0754. The fraction of sp³-hybridized carbons (Fsp3) is 0.571. The second-order valence-electron chi connectivity index (χ2n) is 9.69. The van der Waals surface area contributed by atoms with Gasteiger partial charge in [0.2, 0.25) is 0 Å². The summed E-state index contributed by atoms with van der Waals surface area (Å²) < 4.78 is 75.6. The Morgan fingerprint density at radius 3 is 2.56 bits per heavy atom. The van der Waals surface area contributed by atoms with E-state index in [-0.39, 0.29) is 28.8 Å². The number of urea groups is 1. The van der Waals surface area contributed by atoms with E-state index in [2.05, 4.69) is 15.4 Å². The maximum atomic E-state index is 13.9. The number of nitrogens with one attached hydrogen (secondary N) is 1. The van der Waals surface area contributed by atoms with Crippen LogP contribution < -0.4 is 0 Å². The van der Waals surface area contributed by atoms with E-state index in [0.29, 0.717) is 38.7 Å². The molecule has 1 aromatic heterocycles. The largest absolute Gasteiger partial charge is 0.501 e. The van der Waals surface area contributed by atoms with Gasteiger partial charge >= 0.3 is 11.5 Å². The van der Waals surface area contributed by atoms with Crippen molar-refractivity contribution in [3.05, 3.63) is 41.5 Å². The molecule has 3 aliphatic rings. The van der Waals surface area contributed by atoms with Crippen LogP contribution in [0, 0.1) is 17.2 Å². The van der Waals surface area contributed by atoms with Crippen LogP contribution in [0.4, 0.5) is 22.4 Å². The van der Waals surface area contributed by atoms with Gasteiger partial charge in [-0.3, -0.25) is 5.10 Å². The standard InChI is InChI=1S/C21H23F4N5O3S/c22-16-4-13(5-17(6-16)34(32,33)21(23,24)25)3-14-7-20(8-14)11-30(12-20)19(31)29-2-1-15(10-29)18-9-26-28-27-18/h4-6,9,14-15H,1-3,7-8,10-12H2,(H,26,27,28)/t15-/m0/s1. The van der Waals surface area contributed by atoms with E-state index >= 15 is 0 Å². The van der Waals surface area contributed by atoms with Gasteiger partial charge in [-0.05, 0) is 55.4 Å². The first-order valence-electron chi connectivity index (χ1n) is 11.0. The number of nitrogens with zero attached hydrogens (tertiary/aromatic N) is 4. The Labute approximate surface area is 193 Å². The van der Waals surface area contributed by atoms with Crippen molar-refractivity contribution in [3.8, 4) is 0 Å². The lowest BCUT2D eigenvalue weighted by atomic mass is 9.56. The van der Waals surface area contributed by atoms with Crippen LogP contribution in [0.2, 0.25) is 0 Å². The molecule has 2 saturated heterocycles. The molecule has 34 heavy (non-hydrogen) atoms. The summed E-state index contributed by atoms with van der Waals surface area (Å²) >= 11 is 0. The van der Waals surface area contributed by atoms with Crippen molar-refractivity contribution in [1.29, 1.82) is 0 Å². The number of benzene rings is 1. The second kappa shape index (κ2) is 7.92. The van der Waals surface area contributed by atoms with E-state index in [0.717, 1.165) is 37.1 Å². The lowest BCUT2D eigenvalue weighted by Crippen LogP contribution is -2.65. The van der Waals surface area contributed by atoms with Crippen LogP contribution in [-0.2, 0) is 16.3 Å². The molecule has 3 heterocycles. The third kappa shape index (κ3) is 4.03. The first-order valence-corrected chi connectivity index (χ1v) is 12.5. The number of likely N-dealkylation sites (tertiary alicyclic amines) is 2. The predicted octanol–water partition coefficient (Wildman–Crippen LogP) is 3.10. The van der Waals surface area contributed by atoms with Gasteiger partial charge in [-0.2, -0.15) is 13.2 Å². The molecular weight excluding hydrogens is 478 g/mol. The molecule has 1 spiro atoms. The van der Waals surface area contributed by atoms with Crippen LogP contribution in [0.25, 0.3) is 0 Å². The molecule has 2 aromatic rings. The number of rotatable bonds is 4. The molecule has 1 atom stereocenters. The fourth-order valence-corrected chi connectivity index (χ4v) is 6.45. The number of halogens is 4. The van der Waals surface area contributed by atoms with Gasteiger partial charge in [0.05, 0.1) is 10.6 Å². The number of H-pyrrole nitrogens is 1. The molecule has 0 unspecified atom stereocenters. The third-order valence-corrected chi connectivity index (χ3v) is 8.62. The van der Waals surface area contributed by atoms with E-state index in [1.165, 1.54) is 0 Å². The maximum Gasteiger partial charge on any atom is 0.501 e. The van der Waals surface area contributed by atoms with Crippen molar-refractivity contribution in [2.24, 2.45) is 11.3 Å². The van der Waals surface area contributed by atoms with Crippen LogP contribution in [-0.4, -0.2) is 71.3 Å². The molecule has 13 heteroatoms. The number of aromatic amines is 1. The average molecular weight is 502 g/mol. The molecule has 1 aromatic carbocycles. The summed E-state index contributed by atoms with van der Waals surface area (Å²) in [5.41, 5.74) is -4.42. The van der Waals surface area contributed by atoms with Crippen molar-refractivity contribution in [1.82, 2.24) is 25.2 Å². The average Bonchev–Trinajstić information content (AvgIpc) is 3.38. The quantitative estimate of drug-likeness (QED) is 0.650. The molecule has 1 N–H and O–H groups in total. The van der Waals surface area contributed by atoms with E-state index in [4.69, 9.17) is 0 Å². The van der Waals surface area contributed by atoms with Gasteiger partial charge < -0.3 is 9.80 Å². The summed E-state index contributed by atoms with van der Waals surface area (Å²) in [7, 11) is -5.60. The number of carbonyl (C=O) groups is 1. The van der Waals surface area contributed by atoms with Crippen molar-refractivity contribution >= 4 is 15.9 Å².